The first-order valence-corrected chi connectivity index (χ1v) is 8.39. The van der Waals surface area contributed by atoms with E-state index in [0.29, 0.717) is 24.6 Å². The maximum atomic E-state index is 12.2. The lowest BCUT2D eigenvalue weighted by molar-refractivity contribution is -0.115. The molecule has 2 N–H and O–H groups in total. The summed E-state index contributed by atoms with van der Waals surface area (Å²) in [6.45, 7) is 4.72. The van der Waals surface area contributed by atoms with E-state index in [4.69, 9.17) is 9.47 Å². The predicted molar refractivity (Wildman–Crippen MR) is 102 cm³/mol. The molecule has 0 aliphatic carbocycles. The van der Waals surface area contributed by atoms with Crippen molar-refractivity contribution in [2.45, 2.75) is 26.2 Å². The topological polar surface area (TPSA) is 59.6 Å². The second kappa shape index (κ2) is 8.97. The molecule has 0 aliphatic heterocycles. The van der Waals surface area contributed by atoms with E-state index in [1.165, 1.54) is 0 Å². The Bertz CT molecular complexity index is 714. The van der Waals surface area contributed by atoms with Gasteiger partial charge in [-0.05, 0) is 29.7 Å². The highest BCUT2D eigenvalue weighted by molar-refractivity contribution is 5.91. The maximum absolute atomic E-state index is 12.2. The van der Waals surface area contributed by atoms with Gasteiger partial charge in [-0.2, -0.15) is 0 Å². The molecule has 25 heavy (non-hydrogen) atoms. The SMILES string of the molecule is COc1ccc(OC)c(NCCC(=O)Nc2ccccc2C(C)C)c1. The molecule has 0 unspecified atom stereocenters. The van der Waals surface area contributed by atoms with Crippen LogP contribution in [0.3, 0.4) is 0 Å². The van der Waals surface area contributed by atoms with Gasteiger partial charge in [-0.25, -0.2) is 0 Å². The molecule has 0 fully saturated rings. The van der Waals surface area contributed by atoms with E-state index in [0.717, 1.165) is 22.7 Å². The Morgan fingerprint density at radius 2 is 1.80 bits per heavy atom. The van der Waals surface area contributed by atoms with Gasteiger partial charge in [0.05, 0.1) is 19.9 Å². The van der Waals surface area contributed by atoms with E-state index in [1.54, 1.807) is 14.2 Å². The summed E-state index contributed by atoms with van der Waals surface area (Å²) < 4.78 is 10.5. The fraction of sp³-hybridized carbons (Fsp3) is 0.350. The summed E-state index contributed by atoms with van der Waals surface area (Å²) in [5.41, 5.74) is 2.82. The summed E-state index contributed by atoms with van der Waals surface area (Å²) in [5, 5.41) is 6.22. The molecular formula is C20H26N2O3. The maximum Gasteiger partial charge on any atom is 0.226 e. The van der Waals surface area contributed by atoms with Gasteiger partial charge in [-0.1, -0.05) is 32.0 Å². The zero-order valence-electron chi connectivity index (χ0n) is 15.3. The third kappa shape index (κ3) is 5.14. The Hall–Kier alpha value is -2.69. The highest BCUT2D eigenvalue weighted by atomic mass is 16.5. The van der Waals surface area contributed by atoms with E-state index in [1.807, 2.05) is 42.5 Å². The van der Waals surface area contributed by atoms with Gasteiger partial charge in [-0.3, -0.25) is 4.79 Å². The highest BCUT2D eigenvalue weighted by Gasteiger charge is 2.10. The predicted octanol–water partition coefficient (Wildman–Crippen LogP) is 4.27. The summed E-state index contributed by atoms with van der Waals surface area (Å²) in [4.78, 5) is 12.2. The largest absolute Gasteiger partial charge is 0.497 e. The summed E-state index contributed by atoms with van der Waals surface area (Å²) in [6.07, 6.45) is 0.354. The number of carbonyl (C=O) groups is 1. The molecule has 0 radical (unpaired) electrons. The first kappa shape index (κ1) is 18.6. The van der Waals surface area contributed by atoms with E-state index in [9.17, 15) is 4.79 Å². The molecule has 0 aliphatic rings. The number of hydrogen-bond acceptors (Lipinski definition) is 4. The quantitative estimate of drug-likeness (QED) is 0.752. The summed E-state index contributed by atoms with van der Waals surface area (Å²) in [6, 6.07) is 13.4. The van der Waals surface area contributed by atoms with Gasteiger partial charge in [-0.15, -0.1) is 0 Å². The zero-order valence-corrected chi connectivity index (χ0v) is 15.3. The Balaban J connectivity index is 1.93. The van der Waals surface area contributed by atoms with Gasteiger partial charge in [0.25, 0.3) is 0 Å². The van der Waals surface area contributed by atoms with Crippen molar-refractivity contribution in [3.63, 3.8) is 0 Å². The molecular weight excluding hydrogens is 316 g/mol. The van der Waals surface area contributed by atoms with Crippen molar-refractivity contribution in [2.24, 2.45) is 0 Å². The molecule has 0 heterocycles. The summed E-state index contributed by atoms with van der Waals surface area (Å²) >= 11 is 0. The Morgan fingerprint density at radius 1 is 1.04 bits per heavy atom. The molecule has 2 aromatic rings. The Kier molecular flexibility index (Phi) is 6.69. The average molecular weight is 342 g/mol. The van der Waals surface area contributed by atoms with Gasteiger partial charge in [0.1, 0.15) is 11.5 Å². The normalized spacial score (nSPS) is 10.4. The number of carbonyl (C=O) groups excluding carboxylic acids is 1. The third-order valence-electron chi connectivity index (χ3n) is 3.93. The molecule has 0 aromatic heterocycles. The van der Waals surface area contributed by atoms with Gasteiger partial charge in [0.15, 0.2) is 0 Å². The highest BCUT2D eigenvalue weighted by Crippen LogP contribution is 2.29. The minimum absolute atomic E-state index is 0.0255. The van der Waals surface area contributed by atoms with Crippen LogP contribution in [0.25, 0.3) is 0 Å². The van der Waals surface area contributed by atoms with Crippen molar-refractivity contribution in [1.82, 2.24) is 0 Å². The van der Waals surface area contributed by atoms with E-state index in [-0.39, 0.29) is 5.91 Å². The van der Waals surface area contributed by atoms with Gasteiger partial charge < -0.3 is 20.1 Å². The Labute approximate surface area is 149 Å². The van der Waals surface area contributed by atoms with Crippen molar-refractivity contribution >= 4 is 17.3 Å². The number of rotatable bonds is 8. The monoisotopic (exact) mass is 342 g/mol. The zero-order chi connectivity index (χ0) is 18.2. The van der Waals surface area contributed by atoms with Crippen molar-refractivity contribution < 1.29 is 14.3 Å². The van der Waals surface area contributed by atoms with Crippen LogP contribution >= 0.6 is 0 Å². The number of ether oxygens (including phenoxy) is 2. The number of para-hydroxylation sites is 1. The molecule has 2 aromatic carbocycles. The Morgan fingerprint density at radius 3 is 2.48 bits per heavy atom. The number of anilines is 2. The first-order chi connectivity index (χ1) is 12.0. The van der Waals surface area contributed by atoms with E-state index < -0.39 is 0 Å². The minimum atomic E-state index is -0.0255. The van der Waals surface area contributed by atoms with Gasteiger partial charge in [0.2, 0.25) is 5.91 Å². The summed E-state index contributed by atoms with van der Waals surface area (Å²) in [5.74, 6) is 1.78. The lowest BCUT2D eigenvalue weighted by atomic mass is 10.0. The van der Waals surface area contributed by atoms with E-state index in [2.05, 4.69) is 24.5 Å². The van der Waals surface area contributed by atoms with Crippen molar-refractivity contribution in [3.05, 3.63) is 48.0 Å². The van der Waals surface area contributed by atoms with Crippen LogP contribution in [0, 0.1) is 0 Å². The fourth-order valence-corrected chi connectivity index (χ4v) is 2.59. The number of hydrogen-bond donors (Lipinski definition) is 2. The van der Waals surface area contributed by atoms with Crippen LogP contribution in [-0.4, -0.2) is 26.7 Å². The van der Waals surface area contributed by atoms with Crippen LogP contribution in [0.2, 0.25) is 0 Å². The van der Waals surface area contributed by atoms with Crippen LogP contribution in [0.1, 0.15) is 31.7 Å². The standard InChI is InChI=1S/C20H26N2O3/c1-14(2)16-7-5-6-8-17(16)22-20(23)11-12-21-18-13-15(24-3)9-10-19(18)25-4/h5-10,13-14,21H,11-12H2,1-4H3,(H,22,23). The molecule has 0 saturated carbocycles. The first-order valence-electron chi connectivity index (χ1n) is 8.39. The molecule has 0 saturated heterocycles. The second-order valence-electron chi connectivity index (χ2n) is 6.03. The van der Waals surface area contributed by atoms with Crippen molar-refractivity contribution in [1.29, 1.82) is 0 Å². The number of benzene rings is 2. The molecule has 5 nitrogen and oxygen atoms in total. The molecule has 1 amide bonds. The van der Waals surface area contributed by atoms with Gasteiger partial charge in [0, 0.05) is 24.7 Å². The second-order valence-corrected chi connectivity index (χ2v) is 6.03. The smallest absolute Gasteiger partial charge is 0.226 e. The van der Waals surface area contributed by atoms with Gasteiger partial charge >= 0.3 is 0 Å². The lowest BCUT2D eigenvalue weighted by Crippen LogP contribution is -2.17. The fourth-order valence-electron chi connectivity index (χ4n) is 2.59. The lowest BCUT2D eigenvalue weighted by Gasteiger charge is -2.15. The molecule has 0 bridgehead atoms. The van der Waals surface area contributed by atoms with Crippen LogP contribution in [-0.2, 0) is 4.79 Å². The minimum Gasteiger partial charge on any atom is -0.497 e. The van der Waals surface area contributed by atoms with E-state index >= 15 is 0 Å². The molecule has 0 atom stereocenters. The molecule has 5 heteroatoms. The number of methoxy groups -OCH3 is 2. The number of amides is 1. The van der Waals surface area contributed by atoms with Crippen LogP contribution in [0.4, 0.5) is 11.4 Å². The van der Waals surface area contributed by atoms with Crippen molar-refractivity contribution in [2.75, 3.05) is 31.4 Å². The molecule has 134 valence electrons. The third-order valence-corrected chi connectivity index (χ3v) is 3.93. The number of nitrogens with one attached hydrogen (secondary N) is 2. The van der Waals surface area contributed by atoms with Crippen LogP contribution < -0.4 is 20.1 Å². The molecule has 0 spiro atoms. The summed E-state index contributed by atoms with van der Waals surface area (Å²) in [7, 11) is 3.23. The van der Waals surface area contributed by atoms with Crippen LogP contribution in [0.5, 0.6) is 11.5 Å². The average Bonchev–Trinajstić information content (AvgIpc) is 2.61. The molecule has 2 rings (SSSR count). The van der Waals surface area contributed by atoms with Crippen molar-refractivity contribution in [3.8, 4) is 11.5 Å². The van der Waals surface area contributed by atoms with Crippen LogP contribution in [0.15, 0.2) is 42.5 Å².